The number of aromatic amines is 1. The number of carboxylic acids is 1. The number of carbonyl (C=O) groups is 1. The molecule has 0 atom stereocenters. The minimum absolute atomic E-state index is 0.0599. The first-order valence-electron chi connectivity index (χ1n) is 6.86. The molecule has 8 heteroatoms. The van der Waals surface area contributed by atoms with Gasteiger partial charge in [-0.15, -0.1) is 0 Å². The average Bonchev–Trinajstić information content (AvgIpc) is 2.91. The quantitative estimate of drug-likeness (QED) is 0.644. The lowest BCUT2D eigenvalue weighted by molar-refractivity contribution is -0.00183. The highest BCUT2D eigenvalue weighted by Gasteiger charge is 2.33. The number of rotatable bonds is 5. The Balaban J connectivity index is 2.02. The number of hydrogen-bond acceptors (Lipinski definition) is 4. The second-order valence-corrected chi connectivity index (χ2v) is 7.55. The van der Waals surface area contributed by atoms with Crippen LogP contribution in [0.2, 0.25) is 0 Å². The van der Waals surface area contributed by atoms with Crippen molar-refractivity contribution in [3.63, 3.8) is 0 Å². The van der Waals surface area contributed by atoms with Crippen LogP contribution in [0.3, 0.4) is 0 Å². The van der Waals surface area contributed by atoms with E-state index in [4.69, 9.17) is 5.11 Å². The summed E-state index contributed by atoms with van der Waals surface area (Å²) in [6, 6.07) is 1.05. The number of sulfonamides is 1. The zero-order valence-corrected chi connectivity index (χ0v) is 12.6. The highest BCUT2D eigenvalue weighted by Crippen LogP contribution is 2.31. The zero-order valence-electron chi connectivity index (χ0n) is 11.8. The maximum absolute atomic E-state index is 12.1. The van der Waals surface area contributed by atoms with Crippen LogP contribution in [0.5, 0.6) is 0 Å². The minimum atomic E-state index is -3.83. The zero-order chi connectivity index (χ0) is 15.7. The summed E-state index contributed by atoms with van der Waals surface area (Å²) in [7, 11) is -3.83. The van der Waals surface area contributed by atoms with Crippen molar-refractivity contribution in [1.29, 1.82) is 0 Å². The Hall–Kier alpha value is -1.38. The van der Waals surface area contributed by atoms with Crippen molar-refractivity contribution < 1.29 is 23.4 Å². The first kappa shape index (κ1) is 16.0. The van der Waals surface area contributed by atoms with Crippen LogP contribution in [-0.2, 0) is 10.0 Å². The lowest BCUT2D eigenvalue weighted by Crippen LogP contribution is -2.45. The Bertz CT molecular complexity index is 614. The Morgan fingerprint density at radius 2 is 2.10 bits per heavy atom. The smallest absolute Gasteiger partial charge is 0.352 e. The topological polar surface area (TPSA) is 119 Å². The third kappa shape index (κ3) is 3.84. The van der Waals surface area contributed by atoms with Gasteiger partial charge in [0.15, 0.2) is 0 Å². The van der Waals surface area contributed by atoms with Crippen LogP contribution in [0, 0.1) is 5.92 Å². The van der Waals surface area contributed by atoms with Crippen molar-refractivity contribution in [2.75, 3.05) is 6.54 Å². The SMILES string of the molecule is CC1CCC(O)(CNS(=O)(=O)c2c[nH]c(C(=O)O)c2)CC1. The van der Waals surface area contributed by atoms with E-state index in [0.29, 0.717) is 18.8 Å². The molecule has 1 aliphatic rings. The van der Waals surface area contributed by atoms with Crippen molar-refractivity contribution in [2.24, 2.45) is 5.92 Å². The molecule has 0 unspecified atom stereocenters. The molecule has 0 aromatic carbocycles. The monoisotopic (exact) mass is 316 g/mol. The molecule has 0 spiro atoms. The summed E-state index contributed by atoms with van der Waals surface area (Å²) in [5, 5.41) is 19.1. The van der Waals surface area contributed by atoms with E-state index >= 15 is 0 Å². The van der Waals surface area contributed by atoms with E-state index in [9.17, 15) is 18.3 Å². The predicted octanol–water partition coefficient (Wildman–Crippen LogP) is 0.932. The largest absolute Gasteiger partial charge is 0.477 e. The Morgan fingerprint density at radius 3 is 2.62 bits per heavy atom. The summed E-state index contributed by atoms with van der Waals surface area (Å²) < 4.78 is 26.5. The van der Waals surface area contributed by atoms with Crippen molar-refractivity contribution in [3.05, 3.63) is 18.0 Å². The average molecular weight is 316 g/mol. The van der Waals surface area contributed by atoms with Gasteiger partial charge < -0.3 is 15.2 Å². The molecule has 1 fully saturated rings. The van der Waals surface area contributed by atoms with Gasteiger partial charge in [-0.05, 0) is 37.7 Å². The molecule has 0 amide bonds. The fourth-order valence-corrected chi connectivity index (χ4v) is 3.55. The lowest BCUT2D eigenvalue weighted by Gasteiger charge is -2.34. The highest BCUT2D eigenvalue weighted by atomic mass is 32.2. The van der Waals surface area contributed by atoms with Crippen LogP contribution in [0.4, 0.5) is 0 Å². The minimum Gasteiger partial charge on any atom is -0.477 e. The number of hydrogen-bond donors (Lipinski definition) is 4. The molecule has 0 saturated heterocycles. The van der Waals surface area contributed by atoms with Crippen molar-refractivity contribution in [2.45, 2.75) is 43.1 Å². The van der Waals surface area contributed by atoms with E-state index in [0.717, 1.165) is 25.1 Å². The van der Waals surface area contributed by atoms with Crippen LogP contribution in [0.15, 0.2) is 17.2 Å². The van der Waals surface area contributed by atoms with E-state index < -0.39 is 21.6 Å². The summed E-state index contributed by atoms with van der Waals surface area (Å²) in [6.45, 7) is 2.05. The Morgan fingerprint density at radius 1 is 1.48 bits per heavy atom. The van der Waals surface area contributed by atoms with Crippen molar-refractivity contribution in [1.82, 2.24) is 9.71 Å². The molecule has 2 rings (SSSR count). The molecule has 1 saturated carbocycles. The second kappa shape index (κ2) is 5.78. The number of aromatic carboxylic acids is 1. The van der Waals surface area contributed by atoms with Crippen LogP contribution in [0.25, 0.3) is 0 Å². The maximum atomic E-state index is 12.1. The van der Waals surface area contributed by atoms with E-state index in [1.54, 1.807) is 0 Å². The first-order valence-corrected chi connectivity index (χ1v) is 8.34. The van der Waals surface area contributed by atoms with Gasteiger partial charge in [-0.3, -0.25) is 0 Å². The molecule has 7 nitrogen and oxygen atoms in total. The number of nitrogens with one attached hydrogen (secondary N) is 2. The van der Waals surface area contributed by atoms with Gasteiger partial charge in [0.2, 0.25) is 10.0 Å². The second-order valence-electron chi connectivity index (χ2n) is 5.79. The highest BCUT2D eigenvalue weighted by molar-refractivity contribution is 7.89. The van der Waals surface area contributed by atoms with Gasteiger partial charge in [0.1, 0.15) is 10.6 Å². The van der Waals surface area contributed by atoms with Gasteiger partial charge in [-0.2, -0.15) is 0 Å². The summed E-state index contributed by atoms with van der Waals surface area (Å²) >= 11 is 0. The van der Waals surface area contributed by atoms with Gasteiger partial charge >= 0.3 is 5.97 Å². The van der Waals surface area contributed by atoms with Crippen LogP contribution < -0.4 is 4.72 Å². The molecule has 1 aromatic rings. The number of H-pyrrole nitrogens is 1. The Labute approximate surface area is 123 Å². The van der Waals surface area contributed by atoms with Gasteiger partial charge in [0, 0.05) is 12.7 Å². The fourth-order valence-electron chi connectivity index (χ4n) is 2.44. The molecule has 1 aromatic heterocycles. The summed E-state index contributed by atoms with van der Waals surface area (Å²) in [5.74, 6) is -0.680. The third-order valence-corrected chi connectivity index (χ3v) is 5.37. The Kier molecular flexibility index (Phi) is 4.40. The van der Waals surface area contributed by atoms with Crippen molar-refractivity contribution in [3.8, 4) is 0 Å². The molecule has 0 bridgehead atoms. The normalized spacial score (nSPS) is 26.7. The van der Waals surface area contributed by atoms with E-state index in [1.165, 1.54) is 0 Å². The number of carboxylic acid groups (broad SMARTS) is 1. The summed E-state index contributed by atoms with van der Waals surface area (Å²) in [5.41, 5.74) is -1.22. The van der Waals surface area contributed by atoms with Crippen molar-refractivity contribution >= 4 is 16.0 Å². The van der Waals surface area contributed by atoms with Crippen LogP contribution >= 0.6 is 0 Å². The van der Waals surface area contributed by atoms with Crippen LogP contribution in [0.1, 0.15) is 43.1 Å². The molecule has 118 valence electrons. The molecule has 1 heterocycles. The number of aromatic nitrogens is 1. The summed E-state index contributed by atoms with van der Waals surface area (Å²) in [6.07, 6.45) is 3.98. The van der Waals surface area contributed by atoms with E-state index in [-0.39, 0.29) is 17.1 Å². The molecule has 1 aliphatic carbocycles. The van der Waals surface area contributed by atoms with Gasteiger partial charge in [-0.1, -0.05) is 6.92 Å². The van der Waals surface area contributed by atoms with Gasteiger partial charge in [0.25, 0.3) is 0 Å². The van der Waals surface area contributed by atoms with E-state index in [2.05, 4.69) is 16.6 Å². The predicted molar refractivity (Wildman–Crippen MR) is 75.5 cm³/mol. The van der Waals surface area contributed by atoms with Crippen LogP contribution in [-0.4, -0.2) is 41.7 Å². The van der Waals surface area contributed by atoms with Gasteiger partial charge in [0.05, 0.1) is 5.60 Å². The van der Waals surface area contributed by atoms with E-state index in [1.807, 2.05) is 0 Å². The standard InChI is InChI=1S/C13H20N2O5S/c1-9-2-4-13(18,5-3-9)8-15-21(19,20)10-6-11(12(16)17)14-7-10/h6-7,9,14-15,18H,2-5,8H2,1H3,(H,16,17). The molecule has 21 heavy (non-hydrogen) atoms. The molecular weight excluding hydrogens is 296 g/mol. The first-order chi connectivity index (χ1) is 9.72. The fraction of sp³-hybridized carbons (Fsp3) is 0.615. The lowest BCUT2D eigenvalue weighted by atomic mass is 9.80. The number of aliphatic hydroxyl groups is 1. The molecular formula is C13H20N2O5S. The third-order valence-electron chi connectivity index (χ3n) is 3.99. The molecule has 0 aliphatic heterocycles. The van der Waals surface area contributed by atoms with Gasteiger partial charge in [-0.25, -0.2) is 17.9 Å². The maximum Gasteiger partial charge on any atom is 0.352 e. The summed E-state index contributed by atoms with van der Waals surface area (Å²) in [4.78, 5) is 13.0. The molecule has 0 radical (unpaired) electrons. The molecule has 4 N–H and O–H groups in total.